The van der Waals surface area contributed by atoms with Crippen molar-refractivity contribution < 1.29 is 5.11 Å². The van der Waals surface area contributed by atoms with Gasteiger partial charge in [-0.15, -0.1) is 12.4 Å². The minimum Gasteiger partial charge on any atom is -0.382 e. The van der Waals surface area contributed by atoms with Crippen molar-refractivity contribution in [2.45, 2.75) is 26.9 Å². The highest BCUT2D eigenvalue weighted by Crippen LogP contribution is 2.12. The first-order chi connectivity index (χ1) is 6.22. The third kappa shape index (κ3) is 5.00. The number of nitrogens with one attached hydrogen (secondary N) is 1. The number of hydrogen-bond donors (Lipinski definition) is 2. The summed E-state index contributed by atoms with van der Waals surface area (Å²) in [5.74, 6) is 0. The van der Waals surface area contributed by atoms with Gasteiger partial charge in [0.2, 0.25) is 0 Å². The van der Waals surface area contributed by atoms with E-state index in [0.29, 0.717) is 0 Å². The van der Waals surface area contributed by atoms with Gasteiger partial charge in [0.05, 0.1) is 0 Å². The number of aliphatic hydroxyl groups is 1. The van der Waals surface area contributed by atoms with Crippen molar-refractivity contribution >= 4 is 18.1 Å². The summed E-state index contributed by atoms with van der Waals surface area (Å²) in [6, 6.07) is 9.20. The van der Waals surface area contributed by atoms with Crippen LogP contribution in [0, 0.1) is 5.41 Å². The maximum absolute atomic E-state index is 9.37. The lowest BCUT2D eigenvalue weighted by molar-refractivity contribution is 0.246. The van der Waals surface area contributed by atoms with Gasteiger partial charge in [-0.2, -0.15) is 0 Å². The second-order valence-electron chi connectivity index (χ2n) is 2.50. The van der Waals surface area contributed by atoms with Crippen LogP contribution in [0.15, 0.2) is 30.3 Å². The monoisotopic (exact) mass is 215 g/mol. The summed E-state index contributed by atoms with van der Waals surface area (Å²) in [7, 11) is 0. The second-order valence-corrected chi connectivity index (χ2v) is 2.50. The van der Waals surface area contributed by atoms with Crippen LogP contribution in [0.5, 0.6) is 0 Å². The van der Waals surface area contributed by atoms with Crippen LogP contribution in [0.3, 0.4) is 0 Å². The fourth-order valence-electron chi connectivity index (χ4n) is 0.885. The Morgan fingerprint density at radius 3 is 2.00 bits per heavy atom. The first kappa shape index (κ1) is 15.6. The quantitative estimate of drug-likeness (QED) is 0.732. The van der Waals surface area contributed by atoms with Gasteiger partial charge in [0.15, 0.2) is 0 Å². The molecule has 3 heteroatoms. The van der Waals surface area contributed by atoms with Crippen molar-refractivity contribution in [2.24, 2.45) is 0 Å². The molecule has 14 heavy (non-hydrogen) atoms. The highest BCUT2D eigenvalue weighted by atomic mass is 35.5. The van der Waals surface area contributed by atoms with E-state index in [1.807, 2.05) is 44.2 Å². The molecular formula is C11H18ClNO. The summed E-state index contributed by atoms with van der Waals surface area (Å²) in [5.41, 5.74) is 1.05. The van der Waals surface area contributed by atoms with Gasteiger partial charge in [-0.1, -0.05) is 44.2 Å². The van der Waals surface area contributed by atoms with E-state index in [9.17, 15) is 5.11 Å². The largest absolute Gasteiger partial charge is 0.382 e. The Hall–Kier alpha value is -0.860. The SMILES string of the molecule is CC.CC(=N)C(O)c1ccccc1.Cl. The first-order valence-electron chi connectivity index (χ1n) is 4.50. The lowest BCUT2D eigenvalue weighted by Gasteiger charge is -2.07. The van der Waals surface area contributed by atoms with Crippen molar-refractivity contribution in [1.82, 2.24) is 0 Å². The van der Waals surface area contributed by atoms with E-state index in [2.05, 4.69) is 0 Å². The third-order valence-corrected chi connectivity index (χ3v) is 1.53. The van der Waals surface area contributed by atoms with Gasteiger partial charge in [0, 0.05) is 5.71 Å². The van der Waals surface area contributed by atoms with Crippen LogP contribution in [0.2, 0.25) is 0 Å². The summed E-state index contributed by atoms with van der Waals surface area (Å²) in [6.45, 7) is 5.59. The molecule has 0 saturated carbocycles. The number of rotatable bonds is 2. The van der Waals surface area contributed by atoms with Crippen LogP contribution in [0.25, 0.3) is 0 Å². The highest BCUT2D eigenvalue weighted by Gasteiger charge is 2.07. The van der Waals surface area contributed by atoms with Crippen LogP contribution >= 0.6 is 12.4 Å². The molecule has 0 spiro atoms. The topological polar surface area (TPSA) is 44.1 Å². The molecule has 1 aromatic rings. The summed E-state index contributed by atoms with van der Waals surface area (Å²) < 4.78 is 0. The summed E-state index contributed by atoms with van der Waals surface area (Å²) >= 11 is 0. The normalized spacial score (nSPS) is 10.3. The number of halogens is 1. The molecule has 80 valence electrons. The van der Waals surface area contributed by atoms with Crippen molar-refractivity contribution in [3.05, 3.63) is 35.9 Å². The van der Waals surface area contributed by atoms with E-state index in [1.54, 1.807) is 6.92 Å². The minimum absolute atomic E-state index is 0. The van der Waals surface area contributed by atoms with E-state index < -0.39 is 6.10 Å². The zero-order valence-electron chi connectivity index (χ0n) is 8.82. The van der Waals surface area contributed by atoms with Crippen molar-refractivity contribution in [2.75, 3.05) is 0 Å². The van der Waals surface area contributed by atoms with Crippen molar-refractivity contribution in [3.8, 4) is 0 Å². The molecule has 0 aliphatic rings. The molecule has 0 saturated heterocycles. The maximum Gasteiger partial charge on any atom is 0.116 e. The van der Waals surface area contributed by atoms with E-state index in [-0.39, 0.29) is 18.1 Å². The van der Waals surface area contributed by atoms with Gasteiger partial charge in [-0.25, -0.2) is 0 Å². The predicted molar refractivity (Wildman–Crippen MR) is 63.4 cm³/mol. The van der Waals surface area contributed by atoms with E-state index >= 15 is 0 Å². The Morgan fingerprint density at radius 1 is 1.21 bits per heavy atom. The van der Waals surface area contributed by atoms with Gasteiger partial charge in [-0.3, -0.25) is 0 Å². The molecule has 0 aliphatic heterocycles. The van der Waals surface area contributed by atoms with Crippen molar-refractivity contribution in [1.29, 1.82) is 5.41 Å². The molecule has 0 bridgehead atoms. The molecule has 0 aliphatic carbocycles. The van der Waals surface area contributed by atoms with E-state index in [1.165, 1.54) is 0 Å². The van der Waals surface area contributed by atoms with Gasteiger partial charge in [-0.05, 0) is 12.5 Å². The average Bonchev–Trinajstić information content (AvgIpc) is 2.21. The summed E-state index contributed by atoms with van der Waals surface area (Å²) in [5, 5.41) is 16.6. The number of benzene rings is 1. The molecule has 0 radical (unpaired) electrons. The highest BCUT2D eigenvalue weighted by molar-refractivity contribution is 5.85. The van der Waals surface area contributed by atoms with Gasteiger partial charge >= 0.3 is 0 Å². The summed E-state index contributed by atoms with van der Waals surface area (Å²) in [6.07, 6.45) is -0.740. The molecule has 0 heterocycles. The smallest absolute Gasteiger partial charge is 0.116 e. The third-order valence-electron chi connectivity index (χ3n) is 1.53. The Morgan fingerprint density at radius 2 is 1.64 bits per heavy atom. The molecule has 1 aromatic carbocycles. The van der Waals surface area contributed by atoms with Crippen LogP contribution in [-0.2, 0) is 0 Å². The minimum atomic E-state index is -0.740. The fraction of sp³-hybridized carbons (Fsp3) is 0.364. The van der Waals surface area contributed by atoms with Crippen LogP contribution < -0.4 is 0 Å². The van der Waals surface area contributed by atoms with Gasteiger partial charge < -0.3 is 10.5 Å². The molecule has 0 amide bonds. The predicted octanol–water partition coefficient (Wildman–Crippen LogP) is 3.21. The van der Waals surface area contributed by atoms with Crippen molar-refractivity contribution in [3.63, 3.8) is 0 Å². The van der Waals surface area contributed by atoms with Crippen LogP contribution in [-0.4, -0.2) is 10.8 Å². The van der Waals surface area contributed by atoms with E-state index in [0.717, 1.165) is 5.56 Å². The molecular weight excluding hydrogens is 198 g/mol. The Balaban J connectivity index is 0. The molecule has 1 atom stereocenters. The molecule has 2 nitrogen and oxygen atoms in total. The summed E-state index contributed by atoms with van der Waals surface area (Å²) in [4.78, 5) is 0. The number of hydrogen-bond acceptors (Lipinski definition) is 2. The fourth-order valence-corrected chi connectivity index (χ4v) is 0.885. The lowest BCUT2D eigenvalue weighted by atomic mass is 10.1. The molecule has 1 rings (SSSR count). The molecule has 0 fully saturated rings. The Bertz CT molecular complexity index is 249. The molecule has 0 aromatic heterocycles. The first-order valence-corrected chi connectivity index (χ1v) is 4.50. The Labute approximate surface area is 91.9 Å². The van der Waals surface area contributed by atoms with Gasteiger partial charge in [0.25, 0.3) is 0 Å². The maximum atomic E-state index is 9.37. The standard InChI is InChI=1S/C9H11NO.C2H6.ClH/c1-7(10)9(11)8-5-3-2-4-6-8;1-2;/h2-6,9-11H,1H3;1-2H3;1H. The van der Waals surface area contributed by atoms with Gasteiger partial charge in [0.1, 0.15) is 6.10 Å². The Kier molecular flexibility index (Phi) is 9.73. The zero-order chi connectivity index (χ0) is 10.3. The second kappa shape index (κ2) is 8.73. The van der Waals surface area contributed by atoms with E-state index in [4.69, 9.17) is 5.41 Å². The lowest BCUT2D eigenvalue weighted by Crippen LogP contribution is -2.05. The zero-order valence-corrected chi connectivity index (χ0v) is 9.64. The molecule has 2 N–H and O–H groups in total. The number of aliphatic hydroxyl groups excluding tert-OH is 1. The molecule has 1 unspecified atom stereocenters. The van der Waals surface area contributed by atoms with Crippen LogP contribution in [0.1, 0.15) is 32.4 Å². The van der Waals surface area contributed by atoms with Crippen LogP contribution in [0.4, 0.5) is 0 Å². The average molecular weight is 216 g/mol.